The van der Waals surface area contributed by atoms with Gasteiger partial charge >= 0.3 is 5.97 Å². The van der Waals surface area contributed by atoms with E-state index in [1.165, 1.54) is 0 Å². The molecule has 0 saturated heterocycles. The van der Waals surface area contributed by atoms with E-state index >= 15 is 0 Å². The smallest absolute Gasteiger partial charge is 0.352 e. The first-order valence-electron chi connectivity index (χ1n) is 9.38. The van der Waals surface area contributed by atoms with E-state index in [-0.39, 0.29) is 5.69 Å². The molecule has 0 aliphatic rings. The maximum atomic E-state index is 11.1. The van der Waals surface area contributed by atoms with E-state index in [1.54, 1.807) is 18.5 Å². The molecule has 0 aliphatic carbocycles. The summed E-state index contributed by atoms with van der Waals surface area (Å²) in [4.78, 5) is 22.8. The standard InChI is InChI=1S/C23H20N4O3/c1-15-12-25-23(27-21(15)17-10-20(22(28)29)24-13-17)26-18-8-5-9-19(11-18)30-14-16-6-3-2-4-7-16/h2-13,24H,14H2,1H3,(H,28,29)(H,25,26,27). The van der Waals surface area contributed by atoms with Gasteiger partial charge in [0, 0.05) is 29.7 Å². The third-order valence-electron chi connectivity index (χ3n) is 4.50. The zero-order valence-electron chi connectivity index (χ0n) is 16.3. The van der Waals surface area contributed by atoms with Gasteiger partial charge in [0.05, 0.1) is 5.69 Å². The Hall–Kier alpha value is -4.13. The molecular formula is C23H20N4O3. The van der Waals surface area contributed by atoms with Crippen LogP contribution in [0.2, 0.25) is 0 Å². The number of carboxylic acid groups (broad SMARTS) is 1. The number of aromatic nitrogens is 3. The molecule has 0 fully saturated rings. The quantitative estimate of drug-likeness (QED) is 0.412. The summed E-state index contributed by atoms with van der Waals surface area (Å²) in [5, 5.41) is 12.3. The van der Waals surface area contributed by atoms with E-state index in [2.05, 4.69) is 20.3 Å². The number of hydrogen-bond acceptors (Lipinski definition) is 5. The number of carbonyl (C=O) groups is 1. The molecule has 0 radical (unpaired) electrons. The summed E-state index contributed by atoms with van der Waals surface area (Å²) in [5.74, 6) is 0.125. The van der Waals surface area contributed by atoms with Crippen molar-refractivity contribution in [2.75, 3.05) is 5.32 Å². The van der Waals surface area contributed by atoms with Gasteiger partial charge in [-0.25, -0.2) is 14.8 Å². The molecule has 150 valence electrons. The maximum absolute atomic E-state index is 11.1. The topological polar surface area (TPSA) is 100 Å². The molecule has 0 unspecified atom stereocenters. The summed E-state index contributed by atoms with van der Waals surface area (Å²) >= 11 is 0. The number of H-pyrrole nitrogens is 1. The number of aromatic carboxylic acids is 1. The lowest BCUT2D eigenvalue weighted by Crippen LogP contribution is -2.00. The van der Waals surface area contributed by atoms with E-state index in [0.29, 0.717) is 23.8 Å². The molecule has 0 atom stereocenters. The van der Waals surface area contributed by atoms with Crippen molar-refractivity contribution in [2.45, 2.75) is 13.5 Å². The molecule has 2 heterocycles. The average Bonchev–Trinajstić information content (AvgIpc) is 3.25. The second-order valence-corrected chi connectivity index (χ2v) is 6.76. The Morgan fingerprint density at radius 2 is 1.97 bits per heavy atom. The van der Waals surface area contributed by atoms with Crippen LogP contribution in [0.25, 0.3) is 11.3 Å². The summed E-state index contributed by atoms with van der Waals surface area (Å²) in [5.41, 5.74) is 4.19. The first-order chi connectivity index (χ1) is 14.6. The zero-order chi connectivity index (χ0) is 20.9. The van der Waals surface area contributed by atoms with Crippen molar-refractivity contribution >= 4 is 17.6 Å². The first-order valence-corrected chi connectivity index (χ1v) is 9.38. The Morgan fingerprint density at radius 1 is 1.13 bits per heavy atom. The number of anilines is 2. The van der Waals surface area contributed by atoms with Gasteiger partial charge < -0.3 is 20.1 Å². The highest BCUT2D eigenvalue weighted by atomic mass is 16.5. The number of rotatable bonds is 7. The van der Waals surface area contributed by atoms with Crippen LogP contribution in [0.15, 0.2) is 73.1 Å². The van der Waals surface area contributed by atoms with Gasteiger partial charge in [0.1, 0.15) is 18.1 Å². The number of benzene rings is 2. The molecule has 0 saturated carbocycles. The van der Waals surface area contributed by atoms with E-state index in [1.807, 2.05) is 61.5 Å². The molecule has 0 bridgehead atoms. The minimum absolute atomic E-state index is 0.112. The van der Waals surface area contributed by atoms with Crippen molar-refractivity contribution < 1.29 is 14.6 Å². The van der Waals surface area contributed by atoms with Gasteiger partial charge in [0.2, 0.25) is 5.95 Å². The Labute approximate surface area is 173 Å². The van der Waals surface area contributed by atoms with Crippen LogP contribution in [0.4, 0.5) is 11.6 Å². The van der Waals surface area contributed by atoms with Crippen molar-refractivity contribution in [1.29, 1.82) is 0 Å². The van der Waals surface area contributed by atoms with Gasteiger partial charge in [-0.2, -0.15) is 0 Å². The Balaban J connectivity index is 1.51. The first kappa shape index (κ1) is 19.2. The van der Waals surface area contributed by atoms with Gasteiger partial charge in [-0.1, -0.05) is 36.4 Å². The number of nitrogens with zero attached hydrogens (tertiary/aromatic N) is 2. The molecule has 7 heteroatoms. The largest absolute Gasteiger partial charge is 0.489 e. The minimum atomic E-state index is -1.02. The maximum Gasteiger partial charge on any atom is 0.352 e. The van der Waals surface area contributed by atoms with Crippen LogP contribution < -0.4 is 10.1 Å². The predicted octanol–water partition coefficient (Wildman–Crippen LogP) is 4.80. The molecular weight excluding hydrogens is 380 g/mol. The second-order valence-electron chi connectivity index (χ2n) is 6.76. The highest BCUT2D eigenvalue weighted by Gasteiger charge is 2.12. The monoisotopic (exact) mass is 400 g/mol. The van der Waals surface area contributed by atoms with Crippen LogP contribution >= 0.6 is 0 Å². The fourth-order valence-corrected chi connectivity index (χ4v) is 2.98. The molecule has 7 nitrogen and oxygen atoms in total. The van der Waals surface area contributed by atoms with E-state index in [9.17, 15) is 4.79 Å². The normalized spacial score (nSPS) is 10.6. The lowest BCUT2D eigenvalue weighted by molar-refractivity contribution is 0.0691. The van der Waals surface area contributed by atoms with Crippen LogP contribution in [-0.4, -0.2) is 26.0 Å². The number of aromatic amines is 1. The van der Waals surface area contributed by atoms with Gasteiger partial charge in [0.15, 0.2) is 0 Å². The summed E-state index contributed by atoms with van der Waals surface area (Å²) in [6.45, 7) is 2.36. The molecule has 2 aromatic heterocycles. The number of carboxylic acids is 1. The third-order valence-corrected chi connectivity index (χ3v) is 4.50. The molecule has 30 heavy (non-hydrogen) atoms. The summed E-state index contributed by atoms with van der Waals surface area (Å²) in [6.07, 6.45) is 3.33. The van der Waals surface area contributed by atoms with Crippen LogP contribution in [0.3, 0.4) is 0 Å². The molecule has 2 aromatic carbocycles. The Kier molecular flexibility index (Phi) is 5.43. The van der Waals surface area contributed by atoms with Crippen molar-refractivity contribution in [3.05, 3.63) is 89.9 Å². The molecule has 0 amide bonds. The number of ether oxygens (including phenoxy) is 1. The second kappa shape index (κ2) is 8.48. The van der Waals surface area contributed by atoms with E-state index < -0.39 is 5.97 Å². The predicted molar refractivity (Wildman–Crippen MR) is 114 cm³/mol. The van der Waals surface area contributed by atoms with Gasteiger partial charge in [0.25, 0.3) is 0 Å². The van der Waals surface area contributed by atoms with Crippen molar-refractivity contribution in [3.63, 3.8) is 0 Å². The van der Waals surface area contributed by atoms with E-state index in [4.69, 9.17) is 9.84 Å². The molecule has 4 rings (SSSR count). The van der Waals surface area contributed by atoms with Gasteiger partial charge in [-0.3, -0.25) is 0 Å². The van der Waals surface area contributed by atoms with Crippen LogP contribution in [0.5, 0.6) is 5.75 Å². The van der Waals surface area contributed by atoms with Crippen LogP contribution in [0, 0.1) is 6.92 Å². The number of nitrogens with one attached hydrogen (secondary N) is 2. The summed E-state index contributed by atoms with van der Waals surface area (Å²) < 4.78 is 5.87. The third kappa shape index (κ3) is 4.47. The SMILES string of the molecule is Cc1cnc(Nc2cccc(OCc3ccccc3)c2)nc1-c1c[nH]c(C(=O)O)c1. The average molecular weight is 400 g/mol. The number of hydrogen-bond donors (Lipinski definition) is 3. The lowest BCUT2D eigenvalue weighted by atomic mass is 10.1. The Morgan fingerprint density at radius 3 is 2.73 bits per heavy atom. The summed E-state index contributed by atoms with van der Waals surface area (Å²) in [6, 6.07) is 19.1. The lowest BCUT2D eigenvalue weighted by Gasteiger charge is -2.10. The van der Waals surface area contributed by atoms with Crippen LogP contribution in [0.1, 0.15) is 21.6 Å². The van der Waals surface area contributed by atoms with Gasteiger partial charge in [-0.05, 0) is 36.2 Å². The van der Waals surface area contributed by atoms with Crippen molar-refractivity contribution in [2.24, 2.45) is 0 Å². The fraction of sp³-hybridized carbons (Fsp3) is 0.0870. The Bertz CT molecular complexity index is 1170. The van der Waals surface area contributed by atoms with Gasteiger partial charge in [-0.15, -0.1) is 0 Å². The number of aryl methyl sites for hydroxylation is 1. The fourth-order valence-electron chi connectivity index (χ4n) is 2.98. The molecule has 0 aliphatic heterocycles. The zero-order valence-corrected chi connectivity index (χ0v) is 16.3. The van der Waals surface area contributed by atoms with Crippen molar-refractivity contribution in [3.8, 4) is 17.0 Å². The molecule has 0 spiro atoms. The van der Waals surface area contributed by atoms with E-state index in [0.717, 1.165) is 22.6 Å². The molecule has 4 aromatic rings. The highest BCUT2D eigenvalue weighted by molar-refractivity contribution is 5.87. The van der Waals surface area contributed by atoms with Crippen molar-refractivity contribution in [1.82, 2.24) is 15.0 Å². The molecule has 3 N–H and O–H groups in total. The highest BCUT2D eigenvalue weighted by Crippen LogP contribution is 2.25. The summed E-state index contributed by atoms with van der Waals surface area (Å²) in [7, 11) is 0. The van der Waals surface area contributed by atoms with Crippen LogP contribution in [-0.2, 0) is 6.61 Å². The minimum Gasteiger partial charge on any atom is -0.489 e.